The van der Waals surface area contributed by atoms with E-state index in [0.29, 0.717) is 6.42 Å². The molecule has 0 radical (unpaired) electrons. The summed E-state index contributed by atoms with van der Waals surface area (Å²) in [6.07, 6.45) is 0.717. The Morgan fingerprint density at radius 2 is 2.12 bits per heavy atom. The maximum atomic E-state index is 11.2. The van der Waals surface area contributed by atoms with Gasteiger partial charge in [-0.05, 0) is 25.0 Å². The zero-order valence-corrected chi connectivity index (χ0v) is 9.91. The van der Waals surface area contributed by atoms with Gasteiger partial charge in [-0.1, -0.05) is 18.2 Å². The Kier molecular flexibility index (Phi) is 2.90. The topological polar surface area (TPSA) is 69.4 Å². The van der Waals surface area contributed by atoms with E-state index in [1.54, 1.807) is 0 Å². The molecule has 0 bridgehead atoms. The largest absolute Gasteiger partial charge is 0.490 e. The molecule has 1 aliphatic rings. The molecule has 2 rings (SSSR count). The molecule has 16 heavy (non-hydrogen) atoms. The Bertz CT molecular complexity index is 484. The third-order valence-electron chi connectivity index (χ3n) is 2.74. The van der Waals surface area contributed by atoms with Gasteiger partial charge in [0, 0.05) is 5.92 Å². The molecule has 4 nitrogen and oxygen atoms in total. The first-order valence-corrected chi connectivity index (χ1v) is 6.93. The van der Waals surface area contributed by atoms with Gasteiger partial charge in [-0.15, -0.1) is 0 Å². The van der Waals surface area contributed by atoms with Crippen LogP contribution in [0.15, 0.2) is 24.3 Å². The van der Waals surface area contributed by atoms with Crippen LogP contribution in [0, 0.1) is 0 Å². The smallest absolute Gasteiger partial charge is 0.209 e. The molecule has 2 atom stereocenters. The van der Waals surface area contributed by atoms with Gasteiger partial charge in [-0.25, -0.2) is 13.6 Å². The van der Waals surface area contributed by atoms with Crippen molar-refractivity contribution >= 4 is 10.0 Å². The fourth-order valence-electron chi connectivity index (χ4n) is 2.16. The summed E-state index contributed by atoms with van der Waals surface area (Å²) in [5.74, 6) is 0.697. The summed E-state index contributed by atoms with van der Waals surface area (Å²) in [6, 6.07) is 7.53. The molecule has 0 aliphatic carbocycles. The van der Waals surface area contributed by atoms with Crippen molar-refractivity contribution in [2.75, 3.05) is 5.75 Å². The number of hydrogen-bond acceptors (Lipinski definition) is 3. The number of benzene rings is 1. The van der Waals surface area contributed by atoms with Crippen LogP contribution in [-0.4, -0.2) is 20.3 Å². The molecule has 2 N–H and O–H groups in total. The first kappa shape index (κ1) is 11.4. The fourth-order valence-corrected chi connectivity index (χ4v) is 3.03. The van der Waals surface area contributed by atoms with Crippen LogP contribution in [0.1, 0.15) is 24.8 Å². The Morgan fingerprint density at radius 1 is 1.44 bits per heavy atom. The maximum absolute atomic E-state index is 11.2. The molecule has 1 aromatic rings. The van der Waals surface area contributed by atoms with E-state index in [9.17, 15) is 8.42 Å². The van der Waals surface area contributed by atoms with E-state index in [0.717, 1.165) is 11.3 Å². The highest BCUT2D eigenvalue weighted by Gasteiger charge is 2.28. The number of hydrogen-bond donors (Lipinski definition) is 1. The van der Waals surface area contributed by atoms with Gasteiger partial charge in [0.1, 0.15) is 5.75 Å². The quantitative estimate of drug-likeness (QED) is 0.846. The lowest BCUT2D eigenvalue weighted by Crippen LogP contribution is -2.29. The number of sulfonamides is 1. The SMILES string of the molecule is CC1CC(CS(N)(=O)=O)c2ccccc2O1. The predicted octanol–water partition coefficient (Wildman–Crippen LogP) is 1.23. The van der Waals surface area contributed by atoms with Crippen molar-refractivity contribution < 1.29 is 13.2 Å². The van der Waals surface area contributed by atoms with E-state index >= 15 is 0 Å². The lowest BCUT2D eigenvalue weighted by Gasteiger charge is -2.29. The Balaban J connectivity index is 2.34. The molecule has 1 aliphatic heterocycles. The van der Waals surface area contributed by atoms with Crippen molar-refractivity contribution in [1.29, 1.82) is 0 Å². The standard InChI is InChI=1S/C11H15NO3S/c1-8-6-9(7-16(12,13)14)10-4-2-3-5-11(10)15-8/h2-5,8-9H,6-7H2,1H3,(H2,12,13,14). The van der Waals surface area contributed by atoms with Gasteiger partial charge in [0.05, 0.1) is 11.9 Å². The van der Waals surface area contributed by atoms with Crippen LogP contribution in [0.5, 0.6) is 5.75 Å². The van der Waals surface area contributed by atoms with Gasteiger partial charge >= 0.3 is 0 Å². The average molecular weight is 241 g/mol. The van der Waals surface area contributed by atoms with Crippen molar-refractivity contribution in [3.8, 4) is 5.75 Å². The van der Waals surface area contributed by atoms with Gasteiger partial charge in [0.2, 0.25) is 10.0 Å². The highest BCUT2D eigenvalue weighted by atomic mass is 32.2. The van der Waals surface area contributed by atoms with Gasteiger partial charge in [0.25, 0.3) is 0 Å². The Labute approximate surface area is 95.5 Å². The molecule has 2 unspecified atom stereocenters. The monoisotopic (exact) mass is 241 g/mol. The van der Waals surface area contributed by atoms with Crippen LogP contribution in [0.4, 0.5) is 0 Å². The van der Waals surface area contributed by atoms with Crippen molar-refractivity contribution in [3.05, 3.63) is 29.8 Å². The Morgan fingerprint density at radius 3 is 2.81 bits per heavy atom. The van der Waals surface area contributed by atoms with E-state index in [4.69, 9.17) is 9.88 Å². The Hall–Kier alpha value is -1.07. The van der Waals surface area contributed by atoms with Crippen LogP contribution < -0.4 is 9.88 Å². The van der Waals surface area contributed by atoms with Crippen molar-refractivity contribution in [3.63, 3.8) is 0 Å². The second-order valence-electron chi connectivity index (χ2n) is 4.23. The summed E-state index contributed by atoms with van der Waals surface area (Å²) < 4.78 is 27.9. The summed E-state index contributed by atoms with van der Waals surface area (Å²) >= 11 is 0. The molecule has 0 amide bonds. The molecule has 1 heterocycles. The van der Waals surface area contributed by atoms with Crippen LogP contribution in [-0.2, 0) is 10.0 Å². The van der Waals surface area contributed by atoms with Crippen LogP contribution in [0.3, 0.4) is 0 Å². The minimum atomic E-state index is -3.45. The summed E-state index contributed by atoms with van der Waals surface area (Å²) in [7, 11) is -3.45. The second-order valence-corrected chi connectivity index (χ2v) is 5.89. The highest BCUT2D eigenvalue weighted by Crippen LogP contribution is 2.36. The number of para-hydroxylation sites is 1. The molecule has 1 aromatic carbocycles. The minimum absolute atomic E-state index is 0.0162. The van der Waals surface area contributed by atoms with Gasteiger partial charge in [0.15, 0.2) is 0 Å². The number of nitrogens with two attached hydrogens (primary N) is 1. The maximum Gasteiger partial charge on any atom is 0.209 e. The molecule has 5 heteroatoms. The molecule has 88 valence electrons. The third kappa shape index (κ3) is 2.54. The van der Waals surface area contributed by atoms with E-state index in [1.165, 1.54) is 0 Å². The summed E-state index contributed by atoms with van der Waals surface area (Å²) in [4.78, 5) is 0. The summed E-state index contributed by atoms with van der Waals surface area (Å²) in [5.41, 5.74) is 0.939. The first-order chi connectivity index (χ1) is 7.46. The van der Waals surface area contributed by atoms with Gasteiger partial charge in [-0.3, -0.25) is 0 Å². The zero-order chi connectivity index (χ0) is 11.8. The van der Waals surface area contributed by atoms with Gasteiger partial charge < -0.3 is 4.74 Å². The number of primary sulfonamides is 1. The first-order valence-electron chi connectivity index (χ1n) is 5.22. The van der Waals surface area contributed by atoms with E-state index < -0.39 is 10.0 Å². The number of rotatable bonds is 2. The highest BCUT2D eigenvalue weighted by molar-refractivity contribution is 7.89. The van der Waals surface area contributed by atoms with E-state index in [-0.39, 0.29) is 17.8 Å². The summed E-state index contributed by atoms with van der Waals surface area (Å²) in [5, 5.41) is 5.10. The lowest BCUT2D eigenvalue weighted by atomic mass is 9.92. The predicted molar refractivity (Wildman–Crippen MR) is 61.9 cm³/mol. The van der Waals surface area contributed by atoms with Crippen molar-refractivity contribution in [2.24, 2.45) is 5.14 Å². The van der Waals surface area contributed by atoms with Crippen molar-refractivity contribution in [1.82, 2.24) is 0 Å². The lowest BCUT2D eigenvalue weighted by molar-refractivity contribution is 0.180. The molecule has 0 fully saturated rings. The average Bonchev–Trinajstić information content (AvgIpc) is 2.14. The van der Waals surface area contributed by atoms with Gasteiger partial charge in [-0.2, -0.15) is 0 Å². The van der Waals surface area contributed by atoms with Crippen molar-refractivity contribution in [2.45, 2.75) is 25.4 Å². The fraction of sp³-hybridized carbons (Fsp3) is 0.455. The molecule has 0 saturated heterocycles. The molecule has 0 spiro atoms. The molecule has 0 aromatic heterocycles. The minimum Gasteiger partial charge on any atom is -0.490 e. The van der Waals surface area contributed by atoms with Crippen LogP contribution >= 0.6 is 0 Å². The summed E-state index contributed by atoms with van der Waals surface area (Å²) in [6.45, 7) is 1.94. The zero-order valence-electron chi connectivity index (χ0n) is 9.09. The second kappa shape index (κ2) is 4.07. The molecular formula is C11H15NO3S. The van der Waals surface area contributed by atoms with Crippen LogP contribution in [0.2, 0.25) is 0 Å². The number of ether oxygens (including phenoxy) is 1. The van der Waals surface area contributed by atoms with E-state index in [2.05, 4.69) is 0 Å². The molecule has 0 saturated carbocycles. The normalized spacial score (nSPS) is 24.6. The van der Waals surface area contributed by atoms with Crippen LogP contribution in [0.25, 0.3) is 0 Å². The number of fused-ring (bicyclic) bond motifs is 1. The molecular weight excluding hydrogens is 226 g/mol. The van der Waals surface area contributed by atoms with E-state index in [1.807, 2.05) is 31.2 Å². The third-order valence-corrected chi connectivity index (χ3v) is 3.60.